The zero-order chi connectivity index (χ0) is 13.1. The number of hydrogen-bond donors (Lipinski definition) is 4. The van der Waals surface area contributed by atoms with Gasteiger partial charge >= 0.3 is 0 Å². The molecule has 0 saturated heterocycles. The molecule has 0 bridgehead atoms. The summed E-state index contributed by atoms with van der Waals surface area (Å²) in [5.41, 5.74) is 3.34. The van der Waals surface area contributed by atoms with E-state index < -0.39 is 11.8 Å². The fraction of sp³-hybridized carbons (Fsp3) is 0. The minimum absolute atomic E-state index is 0.147. The van der Waals surface area contributed by atoms with Gasteiger partial charge in [-0.25, -0.2) is 11.0 Å². The van der Waals surface area contributed by atoms with Crippen LogP contribution in [0.2, 0.25) is 0 Å². The molecule has 0 atom stereocenters. The SMILES string of the molecule is O=C(NO)c1cccc2cccc(C(=O)NO)c12. The molecule has 0 aliphatic carbocycles. The van der Waals surface area contributed by atoms with E-state index in [2.05, 4.69) is 0 Å². The summed E-state index contributed by atoms with van der Waals surface area (Å²) in [6, 6.07) is 9.65. The van der Waals surface area contributed by atoms with Gasteiger partial charge < -0.3 is 0 Å². The van der Waals surface area contributed by atoms with Gasteiger partial charge in [0.05, 0.1) is 11.1 Å². The number of hydroxylamine groups is 2. The molecule has 0 radical (unpaired) electrons. The van der Waals surface area contributed by atoms with Crippen LogP contribution in [-0.2, 0) is 0 Å². The summed E-state index contributed by atoms with van der Waals surface area (Å²) in [6.45, 7) is 0. The van der Waals surface area contributed by atoms with E-state index in [0.717, 1.165) is 0 Å². The zero-order valence-corrected chi connectivity index (χ0v) is 9.18. The van der Waals surface area contributed by atoms with Crippen LogP contribution >= 0.6 is 0 Å². The number of benzene rings is 2. The highest BCUT2D eigenvalue weighted by Gasteiger charge is 2.16. The van der Waals surface area contributed by atoms with Gasteiger partial charge in [0.25, 0.3) is 11.8 Å². The zero-order valence-electron chi connectivity index (χ0n) is 9.18. The van der Waals surface area contributed by atoms with E-state index in [1.807, 2.05) is 0 Å². The van der Waals surface area contributed by atoms with Gasteiger partial charge in [0.15, 0.2) is 0 Å². The third-order valence-corrected chi connectivity index (χ3v) is 2.60. The molecule has 0 spiro atoms. The fourth-order valence-electron chi connectivity index (χ4n) is 1.84. The smallest absolute Gasteiger partial charge is 0.275 e. The van der Waals surface area contributed by atoms with Crippen LogP contribution in [-0.4, -0.2) is 22.2 Å². The lowest BCUT2D eigenvalue weighted by atomic mass is 9.98. The molecule has 0 heterocycles. The summed E-state index contributed by atoms with van der Waals surface area (Å²) in [6.07, 6.45) is 0. The Morgan fingerprint density at radius 1 is 0.833 bits per heavy atom. The number of rotatable bonds is 2. The Hall–Kier alpha value is -2.44. The lowest BCUT2D eigenvalue weighted by Crippen LogP contribution is -2.22. The Morgan fingerprint density at radius 2 is 1.28 bits per heavy atom. The monoisotopic (exact) mass is 246 g/mol. The van der Waals surface area contributed by atoms with Gasteiger partial charge in [0.1, 0.15) is 0 Å². The van der Waals surface area contributed by atoms with E-state index >= 15 is 0 Å². The first kappa shape index (κ1) is 12.0. The normalized spacial score (nSPS) is 10.1. The van der Waals surface area contributed by atoms with Crippen molar-refractivity contribution < 1.29 is 20.0 Å². The van der Waals surface area contributed by atoms with Gasteiger partial charge in [-0.3, -0.25) is 20.0 Å². The van der Waals surface area contributed by atoms with Crippen molar-refractivity contribution >= 4 is 22.6 Å². The van der Waals surface area contributed by atoms with Crippen LogP contribution in [0, 0.1) is 0 Å². The standard InChI is InChI=1S/C12H10N2O4/c15-11(13-17)8-5-1-3-7-4-2-6-9(10(7)8)12(16)14-18/h1-6,17-18H,(H,13,15)(H,14,16). The maximum Gasteiger partial charge on any atom is 0.275 e. The minimum atomic E-state index is -0.723. The molecule has 2 rings (SSSR count). The van der Waals surface area contributed by atoms with Crippen LogP contribution in [0.15, 0.2) is 36.4 Å². The van der Waals surface area contributed by atoms with Crippen molar-refractivity contribution in [3.05, 3.63) is 47.5 Å². The van der Waals surface area contributed by atoms with E-state index in [1.165, 1.54) is 23.1 Å². The van der Waals surface area contributed by atoms with Gasteiger partial charge in [-0.05, 0) is 17.5 Å². The topological polar surface area (TPSA) is 98.7 Å². The highest BCUT2D eigenvalue weighted by molar-refractivity contribution is 6.15. The highest BCUT2D eigenvalue weighted by atomic mass is 16.5. The molecule has 0 saturated carbocycles. The van der Waals surface area contributed by atoms with E-state index in [1.54, 1.807) is 24.3 Å². The van der Waals surface area contributed by atoms with Gasteiger partial charge in [-0.15, -0.1) is 0 Å². The summed E-state index contributed by atoms with van der Waals surface area (Å²) in [7, 11) is 0. The predicted octanol–water partition coefficient (Wildman–Crippen LogP) is 1.08. The number of carbonyl (C=O) groups excluding carboxylic acids is 2. The maximum absolute atomic E-state index is 11.5. The van der Waals surface area contributed by atoms with Crippen molar-refractivity contribution in [3.8, 4) is 0 Å². The second-order valence-corrected chi connectivity index (χ2v) is 3.59. The van der Waals surface area contributed by atoms with Crippen molar-refractivity contribution in [2.45, 2.75) is 0 Å². The summed E-state index contributed by atoms with van der Waals surface area (Å²) in [4.78, 5) is 23.1. The Kier molecular flexibility index (Phi) is 3.22. The van der Waals surface area contributed by atoms with Crippen LogP contribution in [0.3, 0.4) is 0 Å². The third-order valence-electron chi connectivity index (χ3n) is 2.60. The fourth-order valence-corrected chi connectivity index (χ4v) is 1.84. The molecule has 2 amide bonds. The van der Waals surface area contributed by atoms with Crippen LogP contribution < -0.4 is 11.0 Å². The summed E-state index contributed by atoms with van der Waals surface area (Å²) >= 11 is 0. The molecule has 4 N–H and O–H groups in total. The first-order valence-electron chi connectivity index (χ1n) is 5.09. The predicted molar refractivity (Wildman–Crippen MR) is 62.5 cm³/mol. The molecule has 0 aliphatic rings. The minimum Gasteiger partial charge on any atom is -0.288 e. The van der Waals surface area contributed by atoms with Crippen molar-refractivity contribution in [1.82, 2.24) is 11.0 Å². The molecular weight excluding hydrogens is 236 g/mol. The van der Waals surface area contributed by atoms with Gasteiger partial charge in [0.2, 0.25) is 0 Å². The number of carbonyl (C=O) groups is 2. The molecule has 18 heavy (non-hydrogen) atoms. The molecule has 0 unspecified atom stereocenters. The summed E-state index contributed by atoms with van der Waals surface area (Å²) in [5, 5.41) is 18.4. The van der Waals surface area contributed by atoms with E-state index in [-0.39, 0.29) is 11.1 Å². The third kappa shape index (κ3) is 1.90. The van der Waals surface area contributed by atoms with E-state index in [9.17, 15) is 9.59 Å². The van der Waals surface area contributed by atoms with E-state index in [0.29, 0.717) is 10.8 Å². The molecule has 92 valence electrons. The Labute approximate surface area is 102 Å². The first-order valence-corrected chi connectivity index (χ1v) is 5.09. The average molecular weight is 246 g/mol. The number of amides is 2. The van der Waals surface area contributed by atoms with Crippen molar-refractivity contribution in [3.63, 3.8) is 0 Å². The quantitative estimate of drug-likeness (QED) is 0.470. The largest absolute Gasteiger partial charge is 0.288 e. The molecule has 6 heteroatoms. The second-order valence-electron chi connectivity index (χ2n) is 3.59. The lowest BCUT2D eigenvalue weighted by Gasteiger charge is -2.09. The Morgan fingerprint density at radius 3 is 1.67 bits per heavy atom. The van der Waals surface area contributed by atoms with Gasteiger partial charge in [-0.2, -0.15) is 0 Å². The maximum atomic E-state index is 11.5. The molecule has 6 nitrogen and oxygen atoms in total. The van der Waals surface area contributed by atoms with E-state index in [4.69, 9.17) is 10.4 Å². The molecule has 2 aromatic rings. The van der Waals surface area contributed by atoms with Crippen molar-refractivity contribution in [1.29, 1.82) is 0 Å². The summed E-state index contributed by atoms with van der Waals surface area (Å²) < 4.78 is 0. The molecular formula is C12H10N2O4. The van der Waals surface area contributed by atoms with Crippen LogP contribution in [0.25, 0.3) is 10.8 Å². The number of hydrogen-bond acceptors (Lipinski definition) is 4. The van der Waals surface area contributed by atoms with Crippen LogP contribution in [0.1, 0.15) is 20.7 Å². The van der Waals surface area contributed by atoms with Gasteiger partial charge in [0, 0.05) is 5.39 Å². The Balaban J connectivity index is 2.80. The van der Waals surface area contributed by atoms with Crippen molar-refractivity contribution in [2.24, 2.45) is 0 Å². The van der Waals surface area contributed by atoms with Crippen LogP contribution in [0.4, 0.5) is 0 Å². The second kappa shape index (κ2) is 4.82. The van der Waals surface area contributed by atoms with Gasteiger partial charge in [-0.1, -0.05) is 24.3 Å². The van der Waals surface area contributed by atoms with Crippen molar-refractivity contribution in [2.75, 3.05) is 0 Å². The first-order chi connectivity index (χ1) is 8.69. The lowest BCUT2D eigenvalue weighted by molar-refractivity contribution is 0.0706. The highest BCUT2D eigenvalue weighted by Crippen LogP contribution is 2.23. The average Bonchev–Trinajstić information content (AvgIpc) is 2.44. The van der Waals surface area contributed by atoms with Crippen LogP contribution in [0.5, 0.6) is 0 Å². The number of fused-ring (bicyclic) bond motifs is 1. The Bertz CT molecular complexity index is 574. The molecule has 0 aliphatic heterocycles. The molecule has 2 aromatic carbocycles. The number of nitrogens with one attached hydrogen (secondary N) is 2. The summed E-state index contributed by atoms with van der Waals surface area (Å²) in [5.74, 6) is -1.45. The molecule has 0 aromatic heterocycles. The molecule has 0 fully saturated rings.